The molecule has 0 spiro atoms. The van der Waals surface area contributed by atoms with Crippen LogP contribution < -0.4 is 5.32 Å². The Morgan fingerprint density at radius 2 is 2.09 bits per heavy atom. The number of rotatable bonds is 1. The van der Waals surface area contributed by atoms with Gasteiger partial charge in [-0.1, -0.05) is 34.1 Å². The van der Waals surface area contributed by atoms with E-state index in [1.165, 1.54) is 6.42 Å². The average Bonchev–Trinajstić information content (AvgIpc) is 2.38. The Bertz CT molecular complexity index is 119. The fraction of sp³-hybridized carbons (Fsp3) is 0.778. The third kappa shape index (κ3) is 4.71. The van der Waals surface area contributed by atoms with Crippen molar-refractivity contribution in [3.63, 3.8) is 0 Å². The highest BCUT2D eigenvalue weighted by atomic mass is 16.5. The molecule has 0 unspecified atom stereocenters. The van der Waals surface area contributed by atoms with Gasteiger partial charge in [0.05, 0.1) is 0 Å². The summed E-state index contributed by atoms with van der Waals surface area (Å²) in [5, 5.41) is 2.97. The smallest absolute Gasteiger partial charge is 0.158 e. The summed E-state index contributed by atoms with van der Waals surface area (Å²) < 4.78 is 5.16. The molecule has 0 amide bonds. The van der Waals surface area contributed by atoms with E-state index >= 15 is 0 Å². The van der Waals surface area contributed by atoms with Crippen molar-refractivity contribution in [3.05, 3.63) is 12.0 Å². The summed E-state index contributed by atoms with van der Waals surface area (Å²) in [6.07, 6.45) is 3.17. The highest BCUT2D eigenvalue weighted by Crippen LogP contribution is 2.11. The Kier molecular flexibility index (Phi) is 5.71. The molecular formula is C9H19NO. The van der Waals surface area contributed by atoms with E-state index in [4.69, 9.17) is 4.74 Å². The molecule has 0 saturated carbocycles. The SMILES string of the molecule is CC(C)C1=CNCO1.CCC. The van der Waals surface area contributed by atoms with Crippen molar-refractivity contribution in [1.82, 2.24) is 5.32 Å². The predicted octanol–water partition coefficient (Wildman–Crippen LogP) is 2.48. The lowest BCUT2D eigenvalue weighted by Gasteiger charge is -2.03. The zero-order chi connectivity index (χ0) is 8.69. The van der Waals surface area contributed by atoms with Crippen LogP contribution in [-0.4, -0.2) is 6.73 Å². The molecule has 0 atom stereocenters. The lowest BCUT2D eigenvalue weighted by Crippen LogP contribution is -1.99. The molecule has 0 bridgehead atoms. The number of nitrogens with one attached hydrogen (secondary N) is 1. The quantitative estimate of drug-likeness (QED) is 0.631. The first-order valence-electron chi connectivity index (χ1n) is 4.28. The second-order valence-corrected chi connectivity index (χ2v) is 2.90. The maximum absolute atomic E-state index is 5.16. The van der Waals surface area contributed by atoms with Crippen molar-refractivity contribution in [3.8, 4) is 0 Å². The monoisotopic (exact) mass is 157 g/mol. The van der Waals surface area contributed by atoms with Crippen molar-refractivity contribution in [2.75, 3.05) is 6.73 Å². The first-order chi connectivity index (χ1) is 5.22. The fourth-order valence-corrected chi connectivity index (χ4v) is 0.642. The van der Waals surface area contributed by atoms with E-state index in [2.05, 4.69) is 33.0 Å². The van der Waals surface area contributed by atoms with Crippen LogP contribution in [0.25, 0.3) is 0 Å². The van der Waals surface area contributed by atoms with Crippen LogP contribution >= 0.6 is 0 Å². The van der Waals surface area contributed by atoms with Crippen molar-refractivity contribution < 1.29 is 4.74 Å². The summed E-state index contributed by atoms with van der Waals surface area (Å²) in [6, 6.07) is 0. The second kappa shape index (κ2) is 6.08. The van der Waals surface area contributed by atoms with E-state index in [9.17, 15) is 0 Å². The van der Waals surface area contributed by atoms with Gasteiger partial charge in [0.25, 0.3) is 0 Å². The van der Waals surface area contributed by atoms with Gasteiger partial charge in [-0.25, -0.2) is 0 Å². The molecule has 1 heterocycles. The summed E-state index contributed by atoms with van der Waals surface area (Å²) in [7, 11) is 0. The van der Waals surface area contributed by atoms with E-state index in [1.54, 1.807) is 0 Å². The molecule has 0 aliphatic carbocycles. The molecule has 0 aromatic heterocycles. The van der Waals surface area contributed by atoms with Crippen LogP contribution in [0.2, 0.25) is 0 Å². The average molecular weight is 157 g/mol. The Balaban J connectivity index is 0.000000292. The molecular weight excluding hydrogens is 138 g/mol. The van der Waals surface area contributed by atoms with Crippen LogP contribution in [0.3, 0.4) is 0 Å². The van der Waals surface area contributed by atoms with Crippen molar-refractivity contribution in [2.45, 2.75) is 34.1 Å². The Morgan fingerprint density at radius 3 is 2.27 bits per heavy atom. The van der Waals surface area contributed by atoms with Gasteiger partial charge in [-0.2, -0.15) is 0 Å². The zero-order valence-electron chi connectivity index (χ0n) is 7.98. The minimum atomic E-state index is 0.519. The van der Waals surface area contributed by atoms with Gasteiger partial charge in [0.15, 0.2) is 6.73 Å². The molecule has 1 aliphatic rings. The summed E-state index contributed by atoms with van der Waals surface area (Å²) in [5.74, 6) is 1.58. The van der Waals surface area contributed by atoms with E-state index < -0.39 is 0 Å². The topological polar surface area (TPSA) is 21.3 Å². The van der Waals surface area contributed by atoms with Crippen molar-refractivity contribution in [1.29, 1.82) is 0 Å². The summed E-state index contributed by atoms with van der Waals surface area (Å²) in [6.45, 7) is 9.12. The van der Waals surface area contributed by atoms with E-state index in [0.717, 1.165) is 5.76 Å². The van der Waals surface area contributed by atoms with Crippen LogP contribution in [0.15, 0.2) is 12.0 Å². The van der Waals surface area contributed by atoms with Gasteiger partial charge >= 0.3 is 0 Å². The molecule has 1 N–H and O–H groups in total. The van der Waals surface area contributed by atoms with Crippen LogP contribution in [0.4, 0.5) is 0 Å². The lowest BCUT2D eigenvalue weighted by molar-refractivity contribution is 0.206. The third-order valence-electron chi connectivity index (χ3n) is 1.14. The number of hydrogen-bond donors (Lipinski definition) is 1. The molecule has 1 rings (SSSR count). The van der Waals surface area contributed by atoms with E-state index in [1.807, 2.05) is 6.20 Å². The molecule has 2 nitrogen and oxygen atoms in total. The molecule has 0 fully saturated rings. The minimum Gasteiger partial charge on any atom is -0.476 e. The number of hydrogen-bond acceptors (Lipinski definition) is 2. The van der Waals surface area contributed by atoms with Gasteiger partial charge < -0.3 is 10.1 Å². The Labute approximate surface area is 69.6 Å². The van der Waals surface area contributed by atoms with Crippen molar-refractivity contribution in [2.24, 2.45) is 5.92 Å². The highest BCUT2D eigenvalue weighted by Gasteiger charge is 2.07. The van der Waals surface area contributed by atoms with Gasteiger partial charge in [0.2, 0.25) is 0 Å². The van der Waals surface area contributed by atoms with Crippen LogP contribution in [-0.2, 0) is 4.74 Å². The van der Waals surface area contributed by atoms with Crippen molar-refractivity contribution >= 4 is 0 Å². The lowest BCUT2D eigenvalue weighted by atomic mass is 10.2. The zero-order valence-corrected chi connectivity index (χ0v) is 7.98. The highest BCUT2D eigenvalue weighted by molar-refractivity contribution is 4.97. The first-order valence-corrected chi connectivity index (χ1v) is 4.28. The van der Waals surface area contributed by atoms with Gasteiger partial charge in [-0.3, -0.25) is 0 Å². The largest absolute Gasteiger partial charge is 0.476 e. The van der Waals surface area contributed by atoms with Gasteiger partial charge in [0.1, 0.15) is 5.76 Å². The number of allylic oxidation sites excluding steroid dienone is 1. The van der Waals surface area contributed by atoms with Crippen LogP contribution in [0.5, 0.6) is 0 Å². The maximum Gasteiger partial charge on any atom is 0.158 e. The molecule has 1 aliphatic heterocycles. The van der Waals surface area contributed by atoms with Gasteiger partial charge in [-0.15, -0.1) is 0 Å². The predicted molar refractivity (Wildman–Crippen MR) is 48.0 cm³/mol. The van der Waals surface area contributed by atoms with Crippen LogP contribution in [0.1, 0.15) is 34.1 Å². The molecule has 0 saturated heterocycles. The molecule has 0 aromatic carbocycles. The third-order valence-corrected chi connectivity index (χ3v) is 1.14. The Hall–Kier alpha value is -0.660. The fourth-order valence-electron chi connectivity index (χ4n) is 0.642. The van der Waals surface area contributed by atoms with E-state index in [-0.39, 0.29) is 0 Å². The molecule has 0 aromatic rings. The molecule has 0 radical (unpaired) electrons. The van der Waals surface area contributed by atoms with Crippen LogP contribution in [0, 0.1) is 5.92 Å². The minimum absolute atomic E-state index is 0.519. The van der Waals surface area contributed by atoms with Gasteiger partial charge in [0, 0.05) is 12.1 Å². The molecule has 2 heteroatoms. The summed E-state index contributed by atoms with van der Waals surface area (Å²) in [5.41, 5.74) is 0. The van der Waals surface area contributed by atoms with E-state index in [0.29, 0.717) is 12.6 Å². The summed E-state index contributed by atoms with van der Waals surface area (Å²) in [4.78, 5) is 0. The molecule has 11 heavy (non-hydrogen) atoms. The van der Waals surface area contributed by atoms with Gasteiger partial charge in [-0.05, 0) is 0 Å². The standard InChI is InChI=1S/C6H11NO.C3H8/c1-5(2)6-3-7-4-8-6;1-3-2/h3,5,7H,4H2,1-2H3;3H2,1-2H3. The number of ether oxygens (including phenoxy) is 1. The summed E-state index contributed by atoms with van der Waals surface area (Å²) >= 11 is 0. The molecule has 66 valence electrons. The first kappa shape index (κ1) is 10.3. The Morgan fingerprint density at radius 1 is 1.55 bits per heavy atom. The maximum atomic E-state index is 5.16. The normalized spacial score (nSPS) is 14.5. The second-order valence-electron chi connectivity index (χ2n) is 2.90.